The number of carboxylic acid groups (broad SMARTS) is 1. The fourth-order valence-corrected chi connectivity index (χ4v) is 6.05. The first kappa shape index (κ1) is 51.3. The number of carboxylic acids is 1. The normalized spacial score (nSPS) is 13.4. The van der Waals surface area contributed by atoms with Gasteiger partial charge in [0.2, 0.25) is 0 Å². The molecule has 0 spiro atoms. The Balaban J connectivity index is 4.30. The first-order chi connectivity index (χ1) is 26.1. The molecule has 0 amide bonds. The number of allylic oxidation sites excluding steroid dienone is 8. The summed E-state index contributed by atoms with van der Waals surface area (Å²) in [6, 6.07) is -0.727. The number of aliphatic carboxylic acids is 1. The van der Waals surface area contributed by atoms with E-state index in [2.05, 4.69) is 62.5 Å². The van der Waals surface area contributed by atoms with Crippen LogP contribution in [0, 0.1) is 0 Å². The second-order valence-electron chi connectivity index (χ2n) is 15.6. The van der Waals surface area contributed by atoms with Crippen LogP contribution in [-0.2, 0) is 28.6 Å². The largest absolute Gasteiger partial charge is 0.544 e. The van der Waals surface area contributed by atoms with E-state index in [-0.39, 0.29) is 42.7 Å². The predicted molar refractivity (Wildman–Crippen MR) is 222 cm³/mol. The average Bonchev–Trinajstić information content (AvgIpc) is 3.12. The molecule has 0 heterocycles. The van der Waals surface area contributed by atoms with Gasteiger partial charge in [-0.05, 0) is 57.8 Å². The summed E-state index contributed by atoms with van der Waals surface area (Å²) in [4.78, 5) is 36.7. The molecule has 0 bridgehead atoms. The minimum Gasteiger partial charge on any atom is -0.544 e. The fourth-order valence-electron chi connectivity index (χ4n) is 6.05. The highest BCUT2D eigenvalue weighted by Gasteiger charge is 2.25. The molecule has 0 aromatic rings. The molecule has 0 aliphatic rings. The molecule has 312 valence electrons. The first-order valence-corrected chi connectivity index (χ1v) is 21.7. The van der Waals surface area contributed by atoms with Gasteiger partial charge in [0.25, 0.3) is 0 Å². The van der Waals surface area contributed by atoms with Gasteiger partial charge in [-0.3, -0.25) is 9.59 Å². The quantitative estimate of drug-likeness (QED) is 0.0267. The zero-order valence-corrected chi connectivity index (χ0v) is 35.4. The van der Waals surface area contributed by atoms with Gasteiger partial charge in [-0.15, -0.1) is 0 Å². The molecule has 8 nitrogen and oxygen atoms in total. The third-order valence-corrected chi connectivity index (χ3v) is 9.47. The van der Waals surface area contributed by atoms with Gasteiger partial charge in [0, 0.05) is 19.3 Å². The van der Waals surface area contributed by atoms with Crippen molar-refractivity contribution in [2.75, 3.05) is 41.0 Å². The molecule has 0 saturated heterocycles. The summed E-state index contributed by atoms with van der Waals surface area (Å²) in [5, 5.41) is 11.6. The molecule has 2 atom stereocenters. The summed E-state index contributed by atoms with van der Waals surface area (Å²) in [5.74, 6) is -1.76. The van der Waals surface area contributed by atoms with Crippen LogP contribution < -0.4 is 5.11 Å². The van der Waals surface area contributed by atoms with Crippen molar-refractivity contribution in [1.29, 1.82) is 0 Å². The van der Waals surface area contributed by atoms with Crippen molar-refractivity contribution in [3.8, 4) is 0 Å². The summed E-state index contributed by atoms with van der Waals surface area (Å²) < 4.78 is 17.1. The van der Waals surface area contributed by atoms with Crippen LogP contribution in [-0.4, -0.2) is 75.5 Å². The maximum absolute atomic E-state index is 12.6. The highest BCUT2D eigenvalue weighted by Crippen LogP contribution is 2.13. The SMILES string of the molecule is CCCCC/C=C/C/C=C/C/C=C/C/C=C/CCCCCCCC(=O)OCC(COCCC(C(=O)[O-])[N+](C)(C)C)OC(=O)CCCCCCCCCCC. The third-order valence-electron chi connectivity index (χ3n) is 9.47. The molecule has 0 rings (SSSR count). The second kappa shape index (κ2) is 37.2. The monoisotopic (exact) mass is 760 g/mol. The van der Waals surface area contributed by atoms with E-state index >= 15 is 0 Å². The Morgan fingerprint density at radius 3 is 1.48 bits per heavy atom. The maximum atomic E-state index is 12.6. The number of ether oxygens (including phenoxy) is 3. The molecule has 8 heteroatoms. The molecule has 0 fully saturated rings. The van der Waals surface area contributed by atoms with Gasteiger partial charge in [-0.1, -0.05) is 146 Å². The Bertz CT molecular complexity index is 1030. The predicted octanol–water partition coefficient (Wildman–Crippen LogP) is 10.3. The van der Waals surface area contributed by atoms with Crippen molar-refractivity contribution < 1.29 is 38.2 Å². The summed E-state index contributed by atoms with van der Waals surface area (Å²) in [5.41, 5.74) is 0. The molecule has 0 aliphatic heterocycles. The Labute approximate surface area is 331 Å². The van der Waals surface area contributed by atoms with Crippen LogP contribution in [0.4, 0.5) is 0 Å². The molecule has 0 N–H and O–H groups in total. The molecule has 0 saturated carbocycles. The summed E-state index contributed by atoms with van der Waals surface area (Å²) >= 11 is 0. The van der Waals surface area contributed by atoms with E-state index in [0.29, 0.717) is 12.8 Å². The van der Waals surface area contributed by atoms with Crippen LogP contribution in [0.15, 0.2) is 48.6 Å². The lowest BCUT2D eigenvalue weighted by Crippen LogP contribution is -2.55. The molecule has 54 heavy (non-hydrogen) atoms. The van der Waals surface area contributed by atoms with Gasteiger partial charge in [0.15, 0.2) is 6.10 Å². The highest BCUT2D eigenvalue weighted by atomic mass is 16.6. The number of rotatable bonds is 38. The number of hydrogen-bond acceptors (Lipinski definition) is 7. The minimum atomic E-state index is -1.13. The van der Waals surface area contributed by atoms with Crippen molar-refractivity contribution in [3.63, 3.8) is 0 Å². The smallest absolute Gasteiger partial charge is 0.306 e. The number of carbonyl (C=O) groups excluding carboxylic acids is 3. The topological polar surface area (TPSA) is 102 Å². The van der Waals surface area contributed by atoms with Crippen LogP contribution in [0.5, 0.6) is 0 Å². The van der Waals surface area contributed by atoms with Gasteiger partial charge >= 0.3 is 11.9 Å². The minimum absolute atomic E-state index is 0.0349. The lowest BCUT2D eigenvalue weighted by Gasteiger charge is -2.34. The van der Waals surface area contributed by atoms with E-state index in [1.807, 2.05) is 0 Å². The molecular formula is C46H81NO7. The number of quaternary nitrogens is 1. The molecule has 0 radical (unpaired) electrons. The maximum Gasteiger partial charge on any atom is 0.306 e. The Morgan fingerprint density at radius 2 is 0.981 bits per heavy atom. The molecular weight excluding hydrogens is 679 g/mol. The van der Waals surface area contributed by atoms with Crippen molar-refractivity contribution in [2.24, 2.45) is 0 Å². The van der Waals surface area contributed by atoms with Gasteiger partial charge in [0.1, 0.15) is 12.6 Å². The average molecular weight is 760 g/mol. The van der Waals surface area contributed by atoms with Crippen LogP contribution in [0.3, 0.4) is 0 Å². The summed E-state index contributed by atoms with van der Waals surface area (Å²) in [6.45, 7) is 4.58. The van der Waals surface area contributed by atoms with E-state index in [9.17, 15) is 19.5 Å². The third kappa shape index (κ3) is 35.0. The Kier molecular flexibility index (Phi) is 35.4. The van der Waals surface area contributed by atoms with Crippen LogP contribution >= 0.6 is 0 Å². The van der Waals surface area contributed by atoms with Crippen molar-refractivity contribution in [3.05, 3.63) is 48.6 Å². The zero-order chi connectivity index (χ0) is 40.0. The second-order valence-corrected chi connectivity index (χ2v) is 15.6. The lowest BCUT2D eigenvalue weighted by atomic mass is 10.1. The Morgan fingerprint density at radius 1 is 0.556 bits per heavy atom. The van der Waals surface area contributed by atoms with Crippen molar-refractivity contribution >= 4 is 17.9 Å². The first-order valence-electron chi connectivity index (χ1n) is 21.7. The molecule has 0 aromatic heterocycles. The number of carbonyl (C=O) groups is 3. The molecule has 0 aliphatic carbocycles. The van der Waals surface area contributed by atoms with Crippen molar-refractivity contribution in [2.45, 2.75) is 187 Å². The number of hydrogen-bond donors (Lipinski definition) is 0. The van der Waals surface area contributed by atoms with Crippen LogP contribution in [0.1, 0.15) is 174 Å². The highest BCUT2D eigenvalue weighted by molar-refractivity contribution is 5.70. The molecule has 0 aromatic carbocycles. The van der Waals surface area contributed by atoms with Gasteiger partial charge in [0.05, 0.1) is 40.3 Å². The van der Waals surface area contributed by atoms with Gasteiger partial charge < -0.3 is 28.6 Å². The summed E-state index contributed by atoms with van der Waals surface area (Å²) in [6.07, 6.45) is 42.8. The number of unbranched alkanes of at least 4 members (excludes halogenated alkanes) is 16. The lowest BCUT2D eigenvalue weighted by molar-refractivity contribution is -0.889. The van der Waals surface area contributed by atoms with Crippen LogP contribution in [0.25, 0.3) is 0 Å². The van der Waals surface area contributed by atoms with Crippen molar-refractivity contribution in [1.82, 2.24) is 0 Å². The van der Waals surface area contributed by atoms with E-state index in [1.165, 1.54) is 64.2 Å². The van der Waals surface area contributed by atoms with Gasteiger partial charge in [-0.2, -0.15) is 0 Å². The van der Waals surface area contributed by atoms with Gasteiger partial charge in [-0.25, -0.2) is 0 Å². The Hall–Kier alpha value is -2.71. The summed E-state index contributed by atoms with van der Waals surface area (Å²) in [7, 11) is 5.39. The zero-order valence-electron chi connectivity index (χ0n) is 35.4. The number of nitrogens with zero attached hydrogens (tertiary/aromatic N) is 1. The number of likely N-dealkylation sites (N-methyl/N-ethyl adjacent to an activating group) is 1. The van der Waals surface area contributed by atoms with E-state index < -0.39 is 18.1 Å². The van der Waals surface area contributed by atoms with E-state index in [4.69, 9.17) is 14.2 Å². The standard InChI is InChI=1S/C46H81NO7/c1-6-8-10-12-14-16-17-18-19-20-21-22-23-24-25-26-27-29-30-32-34-36-44(48)53-41-42(40-52-39-38-43(46(50)51)47(3,4)5)54-45(49)37-35-33-31-28-15-13-11-9-7-2/h14,16,18-19,21-22,24-25,42-43H,6-13,15,17,20,23,26-41H2,1-5H3/b16-14+,19-18+,22-21+,25-24+. The van der Waals surface area contributed by atoms with E-state index in [1.54, 1.807) is 21.1 Å². The fraction of sp³-hybridized carbons (Fsp3) is 0.761. The molecule has 2 unspecified atom stereocenters. The number of esters is 2. The van der Waals surface area contributed by atoms with E-state index in [0.717, 1.165) is 77.0 Å². The van der Waals surface area contributed by atoms with Crippen LogP contribution in [0.2, 0.25) is 0 Å².